The number of halogens is 1. The van der Waals surface area contributed by atoms with Crippen LogP contribution < -0.4 is 0 Å². The molecule has 3 heterocycles. The molecule has 1 aromatic heterocycles. The number of aryl methyl sites for hydroxylation is 1. The van der Waals surface area contributed by atoms with Gasteiger partial charge in [0.2, 0.25) is 5.91 Å². The van der Waals surface area contributed by atoms with E-state index in [2.05, 4.69) is 20.4 Å². The van der Waals surface area contributed by atoms with Gasteiger partial charge in [-0.05, 0) is 47.4 Å². The largest absolute Gasteiger partial charge is 0.379 e. The third-order valence-corrected chi connectivity index (χ3v) is 5.69. The Morgan fingerprint density at radius 2 is 1.93 bits per heavy atom. The zero-order valence-corrected chi connectivity index (χ0v) is 16.5. The molecule has 9 heteroatoms. The molecule has 4 rings (SSSR count). The Bertz CT molecular complexity index is 806. The number of ether oxygens (including phenoxy) is 1. The van der Waals surface area contributed by atoms with E-state index in [1.54, 1.807) is 16.8 Å². The van der Waals surface area contributed by atoms with Crippen molar-refractivity contribution in [3.8, 4) is 0 Å². The number of nitrogens with zero attached hydrogens (tertiary/aromatic N) is 6. The molecule has 0 spiro atoms. The van der Waals surface area contributed by atoms with Gasteiger partial charge in [0.05, 0.1) is 32.3 Å². The van der Waals surface area contributed by atoms with E-state index in [9.17, 15) is 9.18 Å². The zero-order chi connectivity index (χ0) is 20.1. The number of hydrogen-bond acceptors (Lipinski definition) is 6. The van der Waals surface area contributed by atoms with Crippen LogP contribution in [0.5, 0.6) is 0 Å². The first-order valence-corrected chi connectivity index (χ1v) is 10.3. The Morgan fingerprint density at radius 1 is 1.14 bits per heavy atom. The molecular formula is C20H27FN6O2. The molecular weight excluding hydrogens is 375 g/mol. The molecule has 2 saturated heterocycles. The molecule has 8 nitrogen and oxygen atoms in total. The lowest BCUT2D eigenvalue weighted by Crippen LogP contribution is -2.39. The normalized spacial score (nSPS) is 20.7. The van der Waals surface area contributed by atoms with Crippen molar-refractivity contribution < 1.29 is 13.9 Å². The van der Waals surface area contributed by atoms with Crippen molar-refractivity contribution in [3.63, 3.8) is 0 Å². The topological polar surface area (TPSA) is 76.4 Å². The van der Waals surface area contributed by atoms with E-state index in [0.29, 0.717) is 19.5 Å². The summed E-state index contributed by atoms with van der Waals surface area (Å²) in [6.45, 7) is 5.01. The quantitative estimate of drug-likeness (QED) is 0.733. The molecule has 1 aromatic carbocycles. The van der Waals surface area contributed by atoms with E-state index >= 15 is 0 Å². The number of morpholine rings is 1. The lowest BCUT2D eigenvalue weighted by atomic mass is 9.95. The van der Waals surface area contributed by atoms with E-state index in [-0.39, 0.29) is 17.8 Å². The van der Waals surface area contributed by atoms with Gasteiger partial charge in [-0.15, -0.1) is 5.10 Å². The van der Waals surface area contributed by atoms with Crippen LogP contribution in [0, 0.1) is 5.82 Å². The minimum Gasteiger partial charge on any atom is -0.379 e. The number of aromatic nitrogens is 4. The number of likely N-dealkylation sites (tertiary alicyclic amines) is 1. The lowest BCUT2D eigenvalue weighted by Gasteiger charge is -2.36. The average molecular weight is 402 g/mol. The minimum absolute atomic E-state index is 0.0125. The van der Waals surface area contributed by atoms with Crippen LogP contribution in [-0.2, 0) is 22.6 Å². The molecule has 2 fully saturated rings. The molecule has 0 radical (unpaired) electrons. The summed E-state index contributed by atoms with van der Waals surface area (Å²) in [6, 6.07) is 6.51. The number of piperidine rings is 1. The van der Waals surface area contributed by atoms with Crippen LogP contribution >= 0.6 is 0 Å². The second-order valence-electron chi connectivity index (χ2n) is 7.61. The van der Waals surface area contributed by atoms with Gasteiger partial charge in [0.25, 0.3) is 0 Å². The van der Waals surface area contributed by atoms with Crippen LogP contribution in [0.4, 0.5) is 4.39 Å². The highest BCUT2D eigenvalue weighted by Crippen LogP contribution is 2.31. The van der Waals surface area contributed by atoms with Gasteiger partial charge in [-0.1, -0.05) is 12.1 Å². The third kappa shape index (κ3) is 4.97. The standard InChI is InChI=1S/C20H27FN6O2/c21-17-6-4-16(5-7-17)18-3-1-2-9-26(18)20(28)8-10-27-19(22-23-24-27)15-25-11-13-29-14-12-25/h4-7,18H,1-3,8-15H2. The summed E-state index contributed by atoms with van der Waals surface area (Å²) < 4.78 is 20.4. The Labute approximate surface area is 169 Å². The summed E-state index contributed by atoms with van der Waals surface area (Å²) in [5.41, 5.74) is 0.995. The molecule has 0 saturated carbocycles. The Hall–Kier alpha value is -2.39. The van der Waals surface area contributed by atoms with Crippen molar-refractivity contribution in [1.82, 2.24) is 30.0 Å². The Balaban J connectivity index is 1.37. The number of amides is 1. The summed E-state index contributed by atoms with van der Waals surface area (Å²) in [5.74, 6) is 0.606. The van der Waals surface area contributed by atoms with Gasteiger partial charge in [0, 0.05) is 26.1 Å². The van der Waals surface area contributed by atoms with Gasteiger partial charge in [0.15, 0.2) is 5.82 Å². The molecule has 1 amide bonds. The number of carbonyl (C=O) groups excluding carboxylic acids is 1. The van der Waals surface area contributed by atoms with Crippen molar-refractivity contribution in [2.75, 3.05) is 32.8 Å². The van der Waals surface area contributed by atoms with E-state index in [0.717, 1.165) is 63.5 Å². The van der Waals surface area contributed by atoms with E-state index < -0.39 is 0 Å². The van der Waals surface area contributed by atoms with Crippen LogP contribution in [0.2, 0.25) is 0 Å². The van der Waals surface area contributed by atoms with Gasteiger partial charge in [-0.2, -0.15) is 0 Å². The molecule has 1 unspecified atom stereocenters. The Kier molecular flexibility index (Phi) is 6.46. The number of benzene rings is 1. The van der Waals surface area contributed by atoms with Gasteiger partial charge in [-0.3, -0.25) is 9.69 Å². The highest BCUT2D eigenvalue weighted by molar-refractivity contribution is 5.76. The fourth-order valence-electron chi connectivity index (χ4n) is 4.08. The second kappa shape index (κ2) is 9.41. The van der Waals surface area contributed by atoms with Gasteiger partial charge in [-0.25, -0.2) is 9.07 Å². The molecule has 29 heavy (non-hydrogen) atoms. The van der Waals surface area contributed by atoms with Gasteiger partial charge < -0.3 is 9.64 Å². The molecule has 1 atom stereocenters. The van der Waals surface area contributed by atoms with Crippen LogP contribution in [0.1, 0.15) is 43.1 Å². The molecule has 0 aliphatic carbocycles. The van der Waals surface area contributed by atoms with E-state index in [1.807, 2.05) is 4.90 Å². The number of hydrogen-bond donors (Lipinski definition) is 0. The number of rotatable bonds is 6. The third-order valence-electron chi connectivity index (χ3n) is 5.69. The maximum Gasteiger partial charge on any atom is 0.224 e. The Morgan fingerprint density at radius 3 is 2.72 bits per heavy atom. The van der Waals surface area contributed by atoms with Gasteiger partial charge in [0.1, 0.15) is 5.82 Å². The van der Waals surface area contributed by atoms with Crippen LogP contribution in [0.3, 0.4) is 0 Å². The van der Waals surface area contributed by atoms with Gasteiger partial charge >= 0.3 is 0 Å². The lowest BCUT2D eigenvalue weighted by molar-refractivity contribution is -0.135. The molecule has 2 aromatic rings. The SMILES string of the molecule is O=C(CCn1nnnc1CN1CCOCC1)N1CCCCC1c1ccc(F)cc1. The van der Waals surface area contributed by atoms with Crippen LogP contribution in [0.25, 0.3) is 0 Å². The summed E-state index contributed by atoms with van der Waals surface area (Å²) in [7, 11) is 0. The highest BCUT2D eigenvalue weighted by atomic mass is 19.1. The molecule has 0 bridgehead atoms. The fourth-order valence-corrected chi connectivity index (χ4v) is 4.08. The number of carbonyl (C=O) groups is 1. The fraction of sp³-hybridized carbons (Fsp3) is 0.600. The summed E-state index contributed by atoms with van der Waals surface area (Å²) in [6.07, 6.45) is 3.32. The molecule has 0 N–H and O–H groups in total. The van der Waals surface area contributed by atoms with Crippen molar-refractivity contribution in [1.29, 1.82) is 0 Å². The molecule has 2 aliphatic heterocycles. The van der Waals surface area contributed by atoms with Crippen LogP contribution in [0.15, 0.2) is 24.3 Å². The minimum atomic E-state index is -0.256. The van der Waals surface area contributed by atoms with E-state index in [1.165, 1.54) is 12.1 Å². The smallest absolute Gasteiger partial charge is 0.224 e. The summed E-state index contributed by atoms with van der Waals surface area (Å²) in [5, 5.41) is 12.0. The zero-order valence-electron chi connectivity index (χ0n) is 16.5. The number of tetrazole rings is 1. The second-order valence-corrected chi connectivity index (χ2v) is 7.61. The maximum atomic E-state index is 13.3. The predicted molar refractivity (Wildman–Crippen MR) is 103 cm³/mol. The molecule has 156 valence electrons. The average Bonchev–Trinajstić information content (AvgIpc) is 3.20. The van der Waals surface area contributed by atoms with E-state index in [4.69, 9.17) is 4.74 Å². The summed E-state index contributed by atoms with van der Waals surface area (Å²) >= 11 is 0. The predicted octanol–water partition coefficient (Wildman–Crippen LogP) is 1.79. The van der Waals surface area contributed by atoms with Crippen molar-refractivity contribution >= 4 is 5.91 Å². The maximum absolute atomic E-state index is 13.3. The monoisotopic (exact) mass is 402 g/mol. The first kappa shape index (κ1) is 19.9. The molecule has 2 aliphatic rings. The highest BCUT2D eigenvalue weighted by Gasteiger charge is 2.28. The first-order valence-electron chi connectivity index (χ1n) is 10.3. The first-order chi connectivity index (χ1) is 14.2. The van der Waals surface area contributed by atoms with Crippen molar-refractivity contribution in [2.24, 2.45) is 0 Å². The van der Waals surface area contributed by atoms with Crippen molar-refractivity contribution in [2.45, 2.75) is 44.8 Å². The van der Waals surface area contributed by atoms with Crippen molar-refractivity contribution in [3.05, 3.63) is 41.5 Å². The van der Waals surface area contributed by atoms with Crippen LogP contribution in [-0.4, -0.2) is 68.8 Å². The summed E-state index contributed by atoms with van der Waals surface area (Å²) in [4.78, 5) is 17.2.